The van der Waals surface area contributed by atoms with E-state index in [0.29, 0.717) is 6.54 Å². The van der Waals surface area contributed by atoms with Gasteiger partial charge in [-0.3, -0.25) is 4.90 Å². The maximum absolute atomic E-state index is 13.1. The van der Waals surface area contributed by atoms with Gasteiger partial charge < -0.3 is 10.2 Å². The van der Waals surface area contributed by atoms with Crippen molar-refractivity contribution in [3.8, 4) is 0 Å². The summed E-state index contributed by atoms with van der Waals surface area (Å²) in [4.78, 5) is 1.98. The molecule has 2 heterocycles. The van der Waals surface area contributed by atoms with E-state index in [2.05, 4.69) is 0 Å². The predicted molar refractivity (Wildman–Crippen MR) is 41.5 cm³/mol. The van der Waals surface area contributed by atoms with Gasteiger partial charge in [0, 0.05) is 12.6 Å². The first kappa shape index (κ1) is 8.41. The molecule has 0 saturated carbocycles. The molecular weight excluding hydrogens is 161 g/mol. The second-order valence-electron chi connectivity index (χ2n) is 3.71. The Kier molecular flexibility index (Phi) is 2.06. The van der Waals surface area contributed by atoms with Crippen molar-refractivity contribution in [3.05, 3.63) is 0 Å². The Morgan fingerprint density at radius 3 is 2.83 bits per heavy atom. The normalized spacial score (nSPS) is 49.2. The molecule has 2 N–H and O–H groups in total. The standard InChI is InChI=1S/C8H14FNO2/c9-7-6(11)4-10-3-1-2-5(10)8(7)12/h5-8,11-12H,1-4H2/t5-,6+,7-,8-/m1/s1. The van der Waals surface area contributed by atoms with Gasteiger partial charge in [-0.2, -0.15) is 0 Å². The van der Waals surface area contributed by atoms with Crippen molar-refractivity contribution >= 4 is 0 Å². The van der Waals surface area contributed by atoms with Crippen LogP contribution in [0.25, 0.3) is 0 Å². The average Bonchev–Trinajstić information content (AvgIpc) is 2.48. The maximum Gasteiger partial charge on any atom is 0.154 e. The van der Waals surface area contributed by atoms with E-state index in [1.54, 1.807) is 0 Å². The molecular formula is C8H14FNO2. The lowest BCUT2D eigenvalue weighted by Gasteiger charge is -2.38. The Bertz CT molecular complexity index is 178. The fourth-order valence-corrected chi connectivity index (χ4v) is 2.25. The van der Waals surface area contributed by atoms with Crippen molar-refractivity contribution in [2.24, 2.45) is 0 Å². The number of aliphatic hydroxyl groups excluding tert-OH is 2. The van der Waals surface area contributed by atoms with Crippen molar-refractivity contribution in [2.75, 3.05) is 13.1 Å². The zero-order chi connectivity index (χ0) is 8.72. The maximum atomic E-state index is 13.1. The molecule has 2 aliphatic rings. The first-order chi connectivity index (χ1) is 5.70. The Morgan fingerprint density at radius 1 is 1.33 bits per heavy atom. The van der Waals surface area contributed by atoms with Crippen LogP contribution in [0.1, 0.15) is 12.8 Å². The van der Waals surface area contributed by atoms with E-state index in [1.807, 2.05) is 4.90 Å². The fraction of sp³-hybridized carbons (Fsp3) is 1.00. The van der Waals surface area contributed by atoms with Crippen LogP contribution in [0.4, 0.5) is 4.39 Å². The summed E-state index contributed by atoms with van der Waals surface area (Å²) in [6.07, 6.45) is -1.59. The third-order valence-electron chi connectivity index (χ3n) is 2.92. The molecule has 70 valence electrons. The second kappa shape index (κ2) is 2.94. The van der Waals surface area contributed by atoms with E-state index in [9.17, 15) is 14.6 Å². The molecule has 0 aromatic rings. The topological polar surface area (TPSA) is 43.7 Å². The van der Waals surface area contributed by atoms with Gasteiger partial charge >= 0.3 is 0 Å². The van der Waals surface area contributed by atoms with Crippen LogP contribution in [0.5, 0.6) is 0 Å². The molecule has 12 heavy (non-hydrogen) atoms. The number of piperidine rings is 1. The van der Waals surface area contributed by atoms with Gasteiger partial charge in [-0.25, -0.2) is 4.39 Å². The second-order valence-corrected chi connectivity index (χ2v) is 3.71. The highest BCUT2D eigenvalue weighted by molar-refractivity contribution is 4.97. The Labute approximate surface area is 70.8 Å². The smallest absolute Gasteiger partial charge is 0.154 e. The summed E-state index contributed by atoms with van der Waals surface area (Å²) in [6, 6.07) is -0.0524. The van der Waals surface area contributed by atoms with Gasteiger partial charge in [0.1, 0.15) is 12.2 Å². The van der Waals surface area contributed by atoms with Crippen LogP contribution in [0, 0.1) is 0 Å². The largest absolute Gasteiger partial charge is 0.389 e. The lowest BCUT2D eigenvalue weighted by atomic mass is 9.96. The Balaban J connectivity index is 2.10. The van der Waals surface area contributed by atoms with E-state index in [1.165, 1.54) is 0 Å². The van der Waals surface area contributed by atoms with Crippen LogP contribution in [0.15, 0.2) is 0 Å². The number of alkyl halides is 1. The highest BCUT2D eigenvalue weighted by atomic mass is 19.1. The highest BCUT2D eigenvalue weighted by Crippen LogP contribution is 2.28. The van der Waals surface area contributed by atoms with Crippen molar-refractivity contribution in [1.82, 2.24) is 4.90 Å². The third-order valence-corrected chi connectivity index (χ3v) is 2.92. The molecule has 4 heteroatoms. The number of hydrogen-bond acceptors (Lipinski definition) is 3. The molecule has 2 rings (SSSR count). The molecule has 0 unspecified atom stereocenters. The van der Waals surface area contributed by atoms with Gasteiger partial charge in [-0.15, -0.1) is 0 Å². The van der Waals surface area contributed by atoms with Crippen LogP contribution in [-0.2, 0) is 0 Å². The summed E-state index contributed by atoms with van der Waals surface area (Å²) in [5, 5.41) is 18.7. The predicted octanol–water partition coefficient (Wildman–Crippen LogP) is -0.476. The minimum atomic E-state index is -1.45. The van der Waals surface area contributed by atoms with Crippen LogP contribution in [-0.4, -0.2) is 52.6 Å². The molecule has 2 aliphatic heterocycles. The Hall–Kier alpha value is -0.190. The highest BCUT2D eigenvalue weighted by Gasteiger charge is 2.44. The fourth-order valence-electron chi connectivity index (χ4n) is 2.25. The Morgan fingerprint density at radius 2 is 2.08 bits per heavy atom. The summed E-state index contributed by atoms with van der Waals surface area (Å²) < 4.78 is 13.1. The monoisotopic (exact) mass is 175 g/mol. The molecule has 3 nitrogen and oxygen atoms in total. The van der Waals surface area contributed by atoms with Gasteiger partial charge in [-0.1, -0.05) is 0 Å². The van der Waals surface area contributed by atoms with Gasteiger partial charge in [0.05, 0.1) is 0 Å². The summed E-state index contributed by atoms with van der Waals surface area (Å²) in [6.45, 7) is 1.26. The first-order valence-electron chi connectivity index (χ1n) is 4.44. The van der Waals surface area contributed by atoms with E-state index in [-0.39, 0.29) is 6.04 Å². The van der Waals surface area contributed by atoms with Crippen molar-refractivity contribution in [2.45, 2.75) is 37.3 Å². The van der Waals surface area contributed by atoms with Gasteiger partial charge in [0.25, 0.3) is 0 Å². The molecule has 0 aromatic carbocycles. The molecule has 4 atom stereocenters. The van der Waals surface area contributed by atoms with E-state index in [4.69, 9.17) is 0 Å². The average molecular weight is 175 g/mol. The molecule has 2 saturated heterocycles. The summed E-state index contributed by atoms with van der Waals surface area (Å²) in [5.41, 5.74) is 0. The zero-order valence-corrected chi connectivity index (χ0v) is 6.86. The van der Waals surface area contributed by atoms with Gasteiger partial charge in [-0.05, 0) is 19.4 Å². The van der Waals surface area contributed by atoms with Gasteiger partial charge in [0.2, 0.25) is 0 Å². The first-order valence-corrected chi connectivity index (χ1v) is 4.44. The minimum absolute atomic E-state index is 0.0524. The number of halogens is 1. The number of nitrogens with zero attached hydrogens (tertiary/aromatic N) is 1. The van der Waals surface area contributed by atoms with Crippen molar-refractivity contribution in [3.63, 3.8) is 0 Å². The van der Waals surface area contributed by atoms with Crippen LogP contribution in [0.3, 0.4) is 0 Å². The lowest BCUT2D eigenvalue weighted by molar-refractivity contribution is -0.0938. The van der Waals surface area contributed by atoms with E-state index in [0.717, 1.165) is 19.4 Å². The van der Waals surface area contributed by atoms with E-state index >= 15 is 0 Å². The van der Waals surface area contributed by atoms with Crippen molar-refractivity contribution < 1.29 is 14.6 Å². The number of aliphatic hydroxyl groups is 2. The third kappa shape index (κ3) is 1.14. The number of fused-ring (bicyclic) bond motifs is 1. The van der Waals surface area contributed by atoms with Crippen molar-refractivity contribution in [1.29, 1.82) is 0 Å². The summed E-state index contributed by atoms with van der Waals surface area (Å²) in [5.74, 6) is 0. The summed E-state index contributed by atoms with van der Waals surface area (Å²) >= 11 is 0. The van der Waals surface area contributed by atoms with E-state index < -0.39 is 18.4 Å². The molecule has 0 bridgehead atoms. The quantitative estimate of drug-likeness (QED) is 0.523. The molecule has 0 aromatic heterocycles. The molecule has 0 amide bonds. The van der Waals surface area contributed by atoms with Gasteiger partial charge in [0.15, 0.2) is 6.17 Å². The zero-order valence-electron chi connectivity index (χ0n) is 6.86. The molecule has 0 radical (unpaired) electrons. The molecule has 0 aliphatic carbocycles. The van der Waals surface area contributed by atoms with Crippen LogP contribution >= 0.6 is 0 Å². The summed E-state index contributed by atoms with van der Waals surface area (Å²) in [7, 11) is 0. The number of hydrogen-bond donors (Lipinski definition) is 2. The molecule has 2 fully saturated rings. The lowest BCUT2D eigenvalue weighted by Crippen LogP contribution is -2.57. The van der Waals surface area contributed by atoms with Crippen LogP contribution in [0.2, 0.25) is 0 Å². The number of rotatable bonds is 0. The molecule has 0 spiro atoms. The SMILES string of the molecule is O[C@H]1[C@H](F)[C@@H](O)CN2CCC[C@H]12. The minimum Gasteiger partial charge on any atom is -0.389 e. The van der Waals surface area contributed by atoms with Crippen LogP contribution < -0.4 is 0 Å².